The summed E-state index contributed by atoms with van der Waals surface area (Å²) in [7, 11) is 0. The molecule has 106 valence electrons. The molecule has 2 heterocycles. The summed E-state index contributed by atoms with van der Waals surface area (Å²) in [6.45, 7) is -9.19. The van der Waals surface area contributed by atoms with Crippen molar-refractivity contribution in [1.82, 2.24) is 10.2 Å². The Bertz CT molecular complexity index is 860. The molecule has 0 radical (unpaired) electrons. The van der Waals surface area contributed by atoms with Crippen LogP contribution in [0.5, 0.6) is 0 Å². The normalized spacial score (nSPS) is 60.5. The molecule has 0 aromatic carbocycles. The van der Waals surface area contributed by atoms with E-state index in [4.69, 9.17) is 16.6 Å². The Morgan fingerprint density at radius 2 is 2.53 bits per heavy atom. The van der Waals surface area contributed by atoms with Crippen molar-refractivity contribution in [2.75, 3.05) is 19.5 Å². The molecule has 3 aliphatic rings. The van der Waals surface area contributed by atoms with Crippen LogP contribution in [0.15, 0.2) is 23.5 Å². The van der Waals surface area contributed by atoms with Gasteiger partial charge in [-0.3, -0.25) is 0 Å². The standard InChI is InChI=1S/C13H18F3N3/c14-13(15,16)10-1-2-12(17)19(6-10)7-11-4-8-3-9(8)5-18-11/h1-2,8-9,11,18H,3-7,17H2/t8-,9+,11-/m0/s1/i1D,2D,5D2,6D,7D2,9D,11D/hD3/t6?,8-,9+,11-. The number of rotatable bonds is 3. The highest BCUT2D eigenvalue weighted by atomic mass is 19.4. The smallest absolute Gasteiger partial charge is 0.385 e. The lowest BCUT2D eigenvalue weighted by Gasteiger charge is -2.34. The third-order valence-electron chi connectivity index (χ3n) is 2.92. The van der Waals surface area contributed by atoms with Gasteiger partial charge in [-0.15, -0.1) is 0 Å². The van der Waals surface area contributed by atoms with Crippen LogP contribution in [-0.2, 0) is 0 Å². The fourth-order valence-electron chi connectivity index (χ4n) is 1.80. The lowest BCUT2D eigenvalue weighted by molar-refractivity contribution is -0.0956. The molecule has 3 N–H and O–H groups in total. The van der Waals surface area contributed by atoms with Gasteiger partial charge >= 0.3 is 6.18 Å². The first-order valence-corrected chi connectivity index (χ1v) is 5.54. The van der Waals surface area contributed by atoms with Gasteiger partial charge in [0.2, 0.25) is 0 Å². The minimum absolute atomic E-state index is 0.115. The first-order chi connectivity index (χ1) is 13.8. The number of nitrogens with one attached hydrogen (secondary N) is 1. The highest BCUT2D eigenvalue weighted by Gasteiger charge is 2.43. The molecule has 19 heavy (non-hydrogen) atoms. The molecule has 4 atom stereocenters. The quantitative estimate of drug-likeness (QED) is 0.827. The number of nitrogens with two attached hydrogens (primary N) is 1. The second kappa shape index (κ2) is 4.44. The zero-order valence-electron chi connectivity index (χ0n) is 21.5. The number of fused-ring (bicyclic) bond motifs is 1. The average molecular weight is 285 g/mol. The second-order valence-corrected chi connectivity index (χ2v) is 4.40. The lowest BCUT2D eigenvalue weighted by atomic mass is 10.0. The summed E-state index contributed by atoms with van der Waals surface area (Å²) in [5.74, 6) is -3.93. The van der Waals surface area contributed by atoms with E-state index in [0.29, 0.717) is 0 Å². The SMILES string of the molecule is [2H]C1=C(N([2H])[2H])N(C([2H])([2H])[C@]2([2H])C[C@@H]3C[C@]3([2H])C([2H])([2H])N2[2H])C([2H])C(C(F)(F)F)=C1[2H]. The van der Waals surface area contributed by atoms with Gasteiger partial charge in [-0.2, -0.15) is 13.2 Å². The summed E-state index contributed by atoms with van der Waals surface area (Å²) in [6, 6.07) is -5.89. The summed E-state index contributed by atoms with van der Waals surface area (Å²) in [4.78, 5) is -0.153. The Labute approximate surface area is 126 Å². The number of hydrogen-bond donors (Lipinski definition) is 2. The average Bonchev–Trinajstić information content (AvgIpc) is 3.26. The van der Waals surface area contributed by atoms with E-state index in [1.54, 1.807) is 0 Å². The summed E-state index contributed by atoms with van der Waals surface area (Å²) in [5, 5.41) is -0.157. The largest absolute Gasteiger partial charge is 0.414 e. The van der Waals surface area contributed by atoms with Crippen molar-refractivity contribution in [3.8, 4) is 0 Å². The number of alkyl halides is 3. The third-order valence-corrected chi connectivity index (χ3v) is 2.92. The van der Waals surface area contributed by atoms with Crippen molar-refractivity contribution in [2.45, 2.75) is 25.0 Å². The minimum Gasteiger partial charge on any atom is -0.385 e. The second-order valence-electron chi connectivity index (χ2n) is 4.40. The summed E-state index contributed by atoms with van der Waals surface area (Å²) in [6.07, 6.45) is -6.12. The minimum atomic E-state index is -5.35. The van der Waals surface area contributed by atoms with E-state index >= 15 is 0 Å². The first-order valence-electron chi connectivity index (χ1n) is 11.5. The Hall–Kier alpha value is -1.17. The molecular weight excluding hydrogens is 255 g/mol. The molecule has 0 amide bonds. The van der Waals surface area contributed by atoms with Crippen LogP contribution >= 0.6 is 0 Å². The number of allylic oxidation sites excluding steroid dienone is 2. The summed E-state index contributed by atoms with van der Waals surface area (Å²) in [5.41, 5.74) is -2.41. The van der Waals surface area contributed by atoms with Gasteiger partial charge in [0.25, 0.3) is 0 Å². The Balaban J connectivity index is 2.20. The zero-order valence-corrected chi connectivity index (χ0v) is 9.54. The molecule has 3 rings (SSSR count). The van der Waals surface area contributed by atoms with Gasteiger partial charge in [0.1, 0.15) is 1.41 Å². The molecule has 6 heteroatoms. The van der Waals surface area contributed by atoms with E-state index in [1.165, 1.54) is 0 Å². The summed E-state index contributed by atoms with van der Waals surface area (Å²) < 4.78 is 136. The highest BCUT2D eigenvalue weighted by Crippen LogP contribution is 2.44. The zero-order chi connectivity index (χ0) is 24.1. The fraction of sp³-hybridized carbons (Fsp3) is 0.692. The van der Waals surface area contributed by atoms with Gasteiger partial charge in [-0.1, -0.05) is 0 Å². The van der Waals surface area contributed by atoms with Gasteiger partial charge in [-0.25, -0.2) is 0 Å². The lowest BCUT2D eigenvalue weighted by Crippen LogP contribution is -2.47. The van der Waals surface area contributed by atoms with E-state index in [9.17, 15) is 13.2 Å². The van der Waals surface area contributed by atoms with Crippen molar-refractivity contribution in [2.24, 2.45) is 17.5 Å². The maximum atomic E-state index is 13.5. The molecule has 0 aromatic heterocycles. The molecule has 3 nitrogen and oxygen atoms in total. The van der Waals surface area contributed by atoms with Gasteiger partial charge < -0.3 is 15.9 Å². The van der Waals surface area contributed by atoms with Crippen LogP contribution in [-0.4, -0.2) is 36.6 Å². The van der Waals surface area contributed by atoms with Crippen molar-refractivity contribution >= 4 is 0 Å². The van der Waals surface area contributed by atoms with Crippen molar-refractivity contribution in [3.63, 3.8) is 0 Å². The molecule has 0 spiro atoms. The van der Waals surface area contributed by atoms with Gasteiger partial charge in [0.05, 0.1) is 18.2 Å². The van der Waals surface area contributed by atoms with E-state index < -0.39 is 79.2 Å². The summed E-state index contributed by atoms with van der Waals surface area (Å²) >= 11 is 0. The number of nitrogens with zero attached hydrogens (tertiary/aromatic N) is 1. The Kier molecular flexibility index (Phi) is 1.16. The molecule has 1 saturated heterocycles. The van der Waals surface area contributed by atoms with Crippen LogP contribution in [0.3, 0.4) is 0 Å². The predicted octanol–water partition coefficient (Wildman–Crippen LogP) is 1.59. The molecule has 1 unspecified atom stereocenters. The molecule has 1 saturated carbocycles. The Morgan fingerprint density at radius 3 is 3.26 bits per heavy atom. The number of hydrogen-bond acceptors (Lipinski definition) is 3. The number of halogens is 3. The fourth-order valence-corrected chi connectivity index (χ4v) is 1.80. The molecule has 0 bridgehead atoms. The van der Waals surface area contributed by atoms with E-state index in [0.717, 1.165) is 0 Å². The predicted molar refractivity (Wildman–Crippen MR) is 66.0 cm³/mol. The maximum Gasteiger partial charge on any atom is 0.414 e. The maximum absolute atomic E-state index is 13.5. The number of piperidine rings is 1. The monoisotopic (exact) mass is 285 g/mol. The van der Waals surface area contributed by atoms with Crippen molar-refractivity contribution in [3.05, 3.63) is 23.5 Å². The van der Waals surface area contributed by atoms with Gasteiger partial charge in [-0.05, 0) is 43.3 Å². The van der Waals surface area contributed by atoms with Crippen LogP contribution in [0.1, 0.15) is 25.2 Å². The molecular formula is C13H18F3N3. The topological polar surface area (TPSA) is 41.3 Å². The first kappa shape index (κ1) is 4.98. The van der Waals surface area contributed by atoms with Crippen LogP contribution in [0.25, 0.3) is 0 Å². The van der Waals surface area contributed by atoms with Gasteiger partial charge in [0, 0.05) is 24.5 Å². The third kappa shape index (κ3) is 2.73. The molecule has 2 fully saturated rings. The van der Waals surface area contributed by atoms with Crippen LogP contribution in [0.4, 0.5) is 13.2 Å². The van der Waals surface area contributed by atoms with Crippen LogP contribution in [0, 0.1) is 11.8 Å². The van der Waals surface area contributed by atoms with E-state index in [-0.39, 0.29) is 16.6 Å². The van der Waals surface area contributed by atoms with E-state index in [2.05, 4.69) is 0 Å². The van der Waals surface area contributed by atoms with Gasteiger partial charge in [0.15, 0.2) is 2.82 Å². The van der Waals surface area contributed by atoms with Crippen LogP contribution < -0.4 is 11.0 Å². The van der Waals surface area contributed by atoms with Crippen molar-refractivity contribution < 1.29 is 29.7 Å². The van der Waals surface area contributed by atoms with E-state index in [1.807, 2.05) is 0 Å². The van der Waals surface area contributed by atoms with Crippen molar-refractivity contribution in [1.29, 1.82) is 0 Å². The molecule has 2 aliphatic heterocycles. The Morgan fingerprint density at radius 1 is 1.68 bits per heavy atom. The molecule has 0 aromatic rings. The molecule has 1 aliphatic carbocycles. The van der Waals surface area contributed by atoms with Crippen LogP contribution in [0.2, 0.25) is 4.24 Å². The highest BCUT2D eigenvalue weighted by molar-refractivity contribution is 5.26.